The molecule has 3 aromatic rings. The molecular formula is C30H32N2O5. The first-order valence-corrected chi connectivity index (χ1v) is 12.7. The number of nitrogens with zero attached hydrogens (tertiary/aromatic N) is 2. The molecule has 1 unspecified atom stereocenters. The maximum Gasteiger partial charge on any atom is 0.295 e. The normalized spacial score (nSPS) is 16.7. The first-order valence-electron chi connectivity index (χ1n) is 12.7. The number of ether oxygens (including phenoxy) is 2. The van der Waals surface area contributed by atoms with Crippen LogP contribution in [-0.2, 0) is 16.0 Å². The molecule has 1 N–H and O–H groups in total. The summed E-state index contributed by atoms with van der Waals surface area (Å²) in [7, 11) is 0. The van der Waals surface area contributed by atoms with Crippen LogP contribution in [0.1, 0.15) is 49.4 Å². The molecule has 1 aliphatic rings. The number of aromatic nitrogens is 1. The summed E-state index contributed by atoms with van der Waals surface area (Å²) >= 11 is 0. The molecule has 1 aliphatic heterocycles. The highest BCUT2D eigenvalue weighted by atomic mass is 16.5. The summed E-state index contributed by atoms with van der Waals surface area (Å²) in [5.74, 6) is -0.441. The van der Waals surface area contributed by atoms with Crippen molar-refractivity contribution in [2.75, 3.05) is 19.8 Å². The molecule has 1 atom stereocenters. The van der Waals surface area contributed by atoms with Crippen LogP contribution in [0.3, 0.4) is 0 Å². The van der Waals surface area contributed by atoms with Gasteiger partial charge in [-0.3, -0.25) is 14.6 Å². The second-order valence-corrected chi connectivity index (χ2v) is 8.81. The maximum atomic E-state index is 13.3. The number of carbonyl (C=O) groups is 2. The van der Waals surface area contributed by atoms with Crippen LogP contribution in [-0.4, -0.2) is 46.4 Å². The van der Waals surface area contributed by atoms with E-state index < -0.39 is 17.7 Å². The number of hydrogen-bond acceptors (Lipinski definition) is 6. The lowest BCUT2D eigenvalue weighted by Gasteiger charge is -2.26. The molecule has 37 heavy (non-hydrogen) atoms. The van der Waals surface area contributed by atoms with E-state index in [4.69, 9.17) is 9.47 Å². The lowest BCUT2D eigenvalue weighted by Crippen LogP contribution is -2.31. The molecule has 192 valence electrons. The zero-order valence-corrected chi connectivity index (χ0v) is 21.2. The van der Waals surface area contributed by atoms with E-state index in [9.17, 15) is 14.7 Å². The van der Waals surface area contributed by atoms with E-state index in [2.05, 4.69) is 11.9 Å². The summed E-state index contributed by atoms with van der Waals surface area (Å²) in [4.78, 5) is 32.1. The van der Waals surface area contributed by atoms with E-state index >= 15 is 0 Å². The van der Waals surface area contributed by atoms with Crippen LogP contribution in [0.25, 0.3) is 5.76 Å². The fraction of sp³-hybridized carbons (Fsp3) is 0.300. The van der Waals surface area contributed by atoms with Gasteiger partial charge in [0.1, 0.15) is 5.76 Å². The quantitative estimate of drug-likeness (QED) is 0.166. The van der Waals surface area contributed by atoms with Gasteiger partial charge in [0.15, 0.2) is 11.5 Å². The van der Waals surface area contributed by atoms with Crippen molar-refractivity contribution in [1.29, 1.82) is 0 Å². The van der Waals surface area contributed by atoms with Crippen molar-refractivity contribution in [3.05, 3.63) is 95.3 Å². The van der Waals surface area contributed by atoms with E-state index in [1.807, 2.05) is 43.3 Å². The lowest BCUT2D eigenvalue weighted by molar-refractivity contribution is -0.139. The molecule has 1 fully saturated rings. The van der Waals surface area contributed by atoms with Gasteiger partial charge in [-0.2, -0.15) is 0 Å². The smallest absolute Gasteiger partial charge is 0.295 e. The van der Waals surface area contributed by atoms with Crippen LogP contribution in [0.15, 0.2) is 78.6 Å². The van der Waals surface area contributed by atoms with Gasteiger partial charge in [-0.25, -0.2) is 0 Å². The highest BCUT2D eigenvalue weighted by molar-refractivity contribution is 6.46. The van der Waals surface area contributed by atoms with Crippen LogP contribution in [0.2, 0.25) is 0 Å². The number of benzene rings is 2. The van der Waals surface area contributed by atoms with E-state index in [-0.39, 0.29) is 11.3 Å². The van der Waals surface area contributed by atoms with E-state index in [0.29, 0.717) is 48.8 Å². The molecule has 4 rings (SSSR count). The molecular weight excluding hydrogens is 468 g/mol. The molecule has 0 spiro atoms. The number of rotatable bonds is 11. The number of aliphatic hydroxyl groups is 1. The largest absolute Gasteiger partial charge is 0.507 e. The third-order valence-corrected chi connectivity index (χ3v) is 6.32. The zero-order chi connectivity index (χ0) is 26.2. The monoisotopic (exact) mass is 500 g/mol. The Hall–Kier alpha value is -4.13. The van der Waals surface area contributed by atoms with Crippen LogP contribution in [0.4, 0.5) is 0 Å². The minimum absolute atomic E-state index is 0.0476. The van der Waals surface area contributed by atoms with Crippen molar-refractivity contribution in [2.24, 2.45) is 0 Å². The molecule has 0 saturated carbocycles. The highest BCUT2D eigenvalue weighted by Gasteiger charge is 2.46. The number of carbonyl (C=O) groups excluding carboxylic acids is 2. The highest BCUT2D eigenvalue weighted by Crippen LogP contribution is 2.42. The Morgan fingerprint density at radius 3 is 2.43 bits per heavy atom. The number of aliphatic hydroxyl groups excluding tert-OH is 1. The Labute approximate surface area is 217 Å². The van der Waals surface area contributed by atoms with Gasteiger partial charge in [-0.1, -0.05) is 49.7 Å². The Morgan fingerprint density at radius 2 is 1.73 bits per heavy atom. The summed E-state index contributed by atoms with van der Waals surface area (Å²) in [6, 6.07) is 17.7. The Morgan fingerprint density at radius 1 is 0.973 bits per heavy atom. The fourth-order valence-electron chi connectivity index (χ4n) is 4.43. The van der Waals surface area contributed by atoms with Gasteiger partial charge in [-0.05, 0) is 55.2 Å². The van der Waals surface area contributed by atoms with Crippen LogP contribution in [0, 0.1) is 0 Å². The summed E-state index contributed by atoms with van der Waals surface area (Å²) in [6.07, 6.45) is 5.55. The molecule has 7 nitrogen and oxygen atoms in total. The van der Waals surface area contributed by atoms with E-state index in [1.165, 1.54) is 17.3 Å². The molecule has 1 saturated heterocycles. The summed E-state index contributed by atoms with van der Waals surface area (Å²) in [6.45, 7) is 5.28. The Bertz CT molecular complexity index is 1260. The van der Waals surface area contributed by atoms with Gasteiger partial charge >= 0.3 is 0 Å². The van der Waals surface area contributed by atoms with Gasteiger partial charge in [-0.15, -0.1) is 0 Å². The van der Waals surface area contributed by atoms with Gasteiger partial charge in [0, 0.05) is 24.5 Å². The number of Topliss-reactive ketones (excluding diaryl/α,β-unsaturated/α-hetero) is 1. The second kappa shape index (κ2) is 12.2. The van der Waals surface area contributed by atoms with Crippen LogP contribution >= 0.6 is 0 Å². The Balaban J connectivity index is 1.78. The minimum Gasteiger partial charge on any atom is -0.507 e. The SMILES string of the molecule is CCCCOc1ccc(C2C(=C(O)c3ccncc3)C(=O)C(=O)N2CCc2ccccc2)cc1OCC. The lowest BCUT2D eigenvalue weighted by atomic mass is 9.95. The van der Waals surface area contributed by atoms with Crippen molar-refractivity contribution >= 4 is 17.4 Å². The van der Waals surface area contributed by atoms with Crippen LogP contribution < -0.4 is 9.47 Å². The maximum absolute atomic E-state index is 13.3. The molecule has 0 aliphatic carbocycles. The number of amides is 1. The Kier molecular flexibility index (Phi) is 8.56. The molecule has 1 aromatic heterocycles. The molecule has 0 radical (unpaired) electrons. The molecule has 7 heteroatoms. The number of likely N-dealkylation sites (tertiary alicyclic amines) is 1. The van der Waals surface area contributed by atoms with Crippen LogP contribution in [0.5, 0.6) is 11.5 Å². The minimum atomic E-state index is -0.777. The van der Waals surface area contributed by atoms with Crippen molar-refractivity contribution in [2.45, 2.75) is 39.2 Å². The molecule has 1 amide bonds. The standard InChI is InChI=1S/C30H32N2O5/c1-3-5-19-37-24-12-11-23(20-25(24)36-4-2)27-26(28(33)22-13-16-31-17-14-22)29(34)30(35)32(27)18-15-21-9-7-6-8-10-21/h6-14,16-17,20,27,33H,3-5,15,18-19H2,1-2H3. The van der Waals surface area contributed by atoms with Crippen molar-refractivity contribution < 1.29 is 24.2 Å². The van der Waals surface area contributed by atoms with Gasteiger partial charge < -0.3 is 19.5 Å². The van der Waals surface area contributed by atoms with Gasteiger partial charge in [0.2, 0.25) is 0 Å². The zero-order valence-electron chi connectivity index (χ0n) is 21.2. The number of unbranched alkanes of at least 4 members (excludes halogenated alkanes) is 1. The van der Waals surface area contributed by atoms with Crippen molar-refractivity contribution in [3.8, 4) is 11.5 Å². The predicted molar refractivity (Wildman–Crippen MR) is 141 cm³/mol. The average Bonchev–Trinajstić information content (AvgIpc) is 3.18. The summed E-state index contributed by atoms with van der Waals surface area (Å²) in [5, 5.41) is 11.2. The van der Waals surface area contributed by atoms with E-state index in [1.54, 1.807) is 24.3 Å². The van der Waals surface area contributed by atoms with Crippen molar-refractivity contribution in [1.82, 2.24) is 9.88 Å². The molecule has 2 aromatic carbocycles. The number of hydrogen-bond donors (Lipinski definition) is 1. The van der Waals surface area contributed by atoms with Gasteiger partial charge in [0.25, 0.3) is 11.7 Å². The predicted octanol–water partition coefficient (Wildman–Crippen LogP) is 5.32. The third-order valence-electron chi connectivity index (χ3n) is 6.32. The molecule has 2 heterocycles. The topological polar surface area (TPSA) is 89.0 Å². The fourth-order valence-corrected chi connectivity index (χ4v) is 4.43. The first-order chi connectivity index (χ1) is 18.0. The third kappa shape index (κ3) is 5.82. The number of ketones is 1. The summed E-state index contributed by atoms with van der Waals surface area (Å²) in [5.41, 5.74) is 2.18. The molecule has 0 bridgehead atoms. The number of pyridine rings is 1. The average molecular weight is 501 g/mol. The second-order valence-electron chi connectivity index (χ2n) is 8.81. The van der Waals surface area contributed by atoms with Crippen molar-refractivity contribution in [3.63, 3.8) is 0 Å². The van der Waals surface area contributed by atoms with Gasteiger partial charge in [0.05, 0.1) is 24.8 Å². The summed E-state index contributed by atoms with van der Waals surface area (Å²) < 4.78 is 11.8. The first kappa shape index (κ1) is 25.9. The van der Waals surface area contributed by atoms with E-state index in [0.717, 1.165) is 18.4 Å².